The SMILES string of the molecule is O=C(CN(c1ccc(Br)cc1)S(=O)(=O)c1ccccc1)NCc1ccc(N2CCOCC2)cc1. The van der Waals surface area contributed by atoms with Gasteiger partial charge < -0.3 is 15.0 Å². The Morgan fingerprint density at radius 2 is 1.59 bits per heavy atom. The van der Waals surface area contributed by atoms with Gasteiger partial charge in [0.1, 0.15) is 6.54 Å². The summed E-state index contributed by atoms with van der Waals surface area (Å²) in [7, 11) is -3.92. The Bertz CT molecular complexity index is 1200. The van der Waals surface area contributed by atoms with Gasteiger partial charge in [0.25, 0.3) is 10.0 Å². The quantitative estimate of drug-likeness (QED) is 0.467. The van der Waals surface area contributed by atoms with E-state index in [2.05, 4.69) is 26.1 Å². The van der Waals surface area contributed by atoms with Crippen molar-refractivity contribution in [1.29, 1.82) is 0 Å². The average molecular weight is 544 g/mol. The monoisotopic (exact) mass is 543 g/mol. The topological polar surface area (TPSA) is 79.0 Å². The van der Waals surface area contributed by atoms with Crippen LogP contribution in [-0.4, -0.2) is 47.2 Å². The Morgan fingerprint density at radius 3 is 2.24 bits per heavy atom. The van der Waals surface area contributed by atoms with Crippen molar-refractivity contribution in [2.45, 2.75) is 11.4 Å². The van der Waals surface area contributed by atoms with Gasteiger partial charge in [-0.15, -0.1) is 0 Å². The first-order valence-corrected chi connectivity index (χ1v) is 13.2. The van der Waals surface area contributed by atoms with Crippen LogP contribution in [0.25, 0.3) is 0 Å². The molecular formula is C25H26BrN3O4S. The average Bonchev–Trinajstić information content (AvgIpc) is 2.88. The number of rotatable bonds is 8. The molecule has 3 aromatic carbocycles. The zero-order valence-electron chi connectivity index (χ0n) is 18.6. The van der Waals surface area contributed by atoms with Crippen molar-refractivity contribution >= 4 is 43.2 Å². The summed E-state index contributed by atoms with van der Waals surface area (Å²) in [4.78, 5) is 15.2. The molecular weight excluding hydrogens is 518 g/mol. The molecule has 3 aromatic rings. The number of nitrogens with one attached hydrogen (secondary N) is 1. The fraction of sp³-hybridized carbons (Fsp3) is 0.240. The van der Waals surface area contributed by atoms with Crippen LogP contribution in [0.5, 0.6) is 0 Å². The van der Waals surface area contributed by atoms with Gasteiger partial charge in [-0.05, 0) is 54.1 Å². The molecule has 7 nitrogen and oxygen atoms in total. The molecule has 1 aliphatic heterocycles. The van der Waals surface area contributed by atoms with Crippen molar-refractivity contribution in [3.63, 3.8) is 0 Å². The van der Waals surface area contributed by atoms with Crippen molar-refractivity contribution in [3.05, 3.63) is 88.9 Å². The molecule has 34 heavy (non-hydrogen) atoms. The van der Waals surface area contributed by atoms with Crippen molar-refractivity contribution in [2.24, 2.45) is 0 Å². The first-order chi connectivity index (χ1) is 16.4. The van der Waals surface area contributed by atoms with Gasteiger partial charge in [0.15, 0.2) is 0 Å². The van der Waals surface area contributed by atoms with Crippen LogP contribution in [0, 0.1) is 0 Å². The molecule has 1 saturated heterocycles. The summed E-state index contributed by atoms with van der Waals surface area (Å²) >= 11 is 3.37. The second kappa shape index (κ2) is 11.0. The highest BCUT2D eigenvalue weighted by atomic mass is 79.9. The lowest BCUT2D eigenvalue weighted by atomic mass is 10.2. The molecule has 9 heteroatoms. The van der Waals surface area contributed by atoms with Gasteiger partial charge in [0.2, 0.25) is 5.91 Å². The molecule has 1 heterocycles. The number of nitrogens with zero attached hydrogens (tertiary/aromatic N) is 2. The second-order valence-corrected chi connectivity index (χ2v) is 10.6. The lowest BCUT2D eigenvalue weighted by Gasteiger charge is -2.29. The predicted molar refractivity (Wildman–Crippen MR) is 136 cm³/mol. The van der Waals surface area contributed by atoms with E-state index >= 15 is 0 Å². The number of amides is 1. The highest BCUT2D eigenvalue weighted by Crippen LogP contribution is 2.25. The number of halogens is 1. The molecule has 4 rings (SSSR count). The van der Waals surface area contributed by atoms with Crippen molar-refractivity contribution in [1.82, 2.24) is 5.32 Å². The zero-order chi connectivity index (χ0) is 24.0. The summed E-state index contributed by atoms with van der Waals surface area (Å²) in [6.45, 7) is 3.14. The molecule has 0 aliphatic carbocycles. The second-order valence-electron chi connectivity index (χ2n) is 7.84. The van der Waals surface area contributed by atoms with Gasteiger partial charge in [-0.1, -0.05) is 46.3 Å². The van der Waals surface area contributed by atoms with E-state index in [1.54, 1.807) is 42.5 Å². The minimum absolute atomic E-state index is 0.129. The number of hydrogen-bond donors (Lipinski definition) is 1. The van der Waals surface area contributed by atoms with E-state index in [0.29, 0.717) is 12.2 Å². The molecule has 1 aliphatic rings. The van der Waals surface area contributed by atoms with E-state index in [1.165, 1.54) is 12.1 Å². The maximum atomic E-state index is 13.3. The Balaban J connectivity index is 1.45. The van der Waals surface area contributed by atoms with Crippen LogP contribution in [0.1, 0.15) is 5.56 Å². The molecule has 0 saturated carbocycles. The Labute approximate surface area is 208 Å². The van der Waals surface area contributed by atoms with E-state index in [-0.39, 0.29) is 17.3 Å². The van der Waals surface area contributed by atoms with Gasteiger partial charge in [-0.25, -0.2) is 8.42 Å². The molecule has 0 radical (unpaired) electrons. The minimum Gasteiger partial charge on any atom is -0.378 e. The number of carbonyl (C=O) groups is 1. The molecule has 178 valence electrons. The first-order valence-electron chi connectivity index (χ1n) is 11.0. The fourth-order valence-corrected chi connectivity index (χ4v) is 5.38. The number of hydrogen-bond acceptors (Lipinski definition) is 5. The van der Waals surface area contributed by atoms with Crippen LogP contribution in [0.15, 0.2) is 88.2 Å². The van der Waals surface area contributed by atoms with Crippen LogP contribution in [0.3, 0.4) is 0 Å². The van der Waals surface area contributed by atoms with Gasteiger partial charge in [-0.2, -0.15) is 0 Å². The number of morpholine rings is 1. The maximum absolute atomic E-state index is 13.3. The number of sulfonamides is 1. The summed E-state index contributed by atoms with van der Waals surface area (Å²) in [5.41, 5.74) is 2.47. The molecule has 1 fully saturated rings. The predicted octanol–water partition coefficient (Wildman–Crippen LogP) is 3.80. The molecule has 0 unspecified atom stereocenters. The molecule has 0 bridgehead atoms. The van der Waals surface area contributed by atoms with Crippen molar-refractivity contribution < 1.29 is 17.9 Å². The summed E-state index contributed by atoms with van der Waals surface area (Å²) in [5.74, 6) is -0.389. The molecule has 0 aromatic heterocycles. The van der Waals surface area contributed by atoms with Crippen LogP contribution in [0.2, 0.25) is 0 Å². The van der Waals surface area contributed by atoms with Gasteiger partial charge in [0, 0.05) is 29.8 Å². The van der Waals surface area contributed by atoms with Gasteiger partial charge in [-0.3, -0.25) is 9.10 Å². The zero-order valence-corrected chi connectivity index (χ0v) is 21.0. The Hall–Kier alpha value is -2.88. The van der Waals surface area contributed by atoms with E-state index in [9.17, 15) is 13.2 Å². The maximum Gasteiger partial charge on any atom is 0.264 e. The van der Waals surface area contributed by atoms with Gasteiger partial charge in [0.05, 0.1) is 23.8 Å². The normalized spacial score (nSPS) is 14.0. The number of anilines is 2. The standard InChI is InChI=1S/C25H26BrN3O4S/c26-21-8-12-23(13-9-21)29(34(31,32)24-4-2-1-3-5-24)19-25(30)27-18-20-6-10-22(11-7-20)28-14-16-33-17-15-28/h1-13H,14-19H2,(H,27,30). The molecule has 0 atom stereocenters. The van der Waals surface area contributed by atoms with E-state index in [0.717, 1.165) is 46.3 Å². The van der Waals surface area contributed by atoms with E-state index in [1.807, 2.05) is 24.3 Å². The smallest absolute Gasteiger partial charge is 0.264 e. The van der Waals surface area contributed by atoms with Crippen LogP contribution in [0.4, 0.5) is 11.4 Å². The van der Waals surface area contributed by atoms with Crippen LogP contribution >= 0.6 is 15.9 Å². The third-order valence-electron chi connectivity index (χ3n) is 5.54. The highest BCUT2D eigenvalue weighted by Gasteiger charge is 2.27. The van der Waals surface area contributed by atoms with Crippen molar-refractivity contribution in [2.75, 3.05) is 42.1 Å². The summed E-state index contributed by atoms with van der Waals surface area (Å²) < 4.78 is 34.0. The van der Waals surface area contributed by atoms with Crippen LogP contribution in [-0.2, 0) is 26.1 Å². The first kappa shape index (κ1) is 24.3. The largest absolute Gasteiger partial charge is 0.378 e. The van der Waals surface area contributed by atoms with E-state index < -0.39 is 10.0 Å². The van der Waals surface area contributed by atoms with Crippen molar-refractivity contribution in [3.8, 4) is 0 Å². The summed E-state index contributed by atoms with van der Waals surface area (Å²) in [6.07, 6.45) is 0. The van der Waals surface area contributed by atoms with Gasteiger partial charge >= 0.3 is 0 Å². The number of ether oxygens (including phenoxy) is 1. The molecule has 1 amide bonds. The Morgan fingerprint density at radius 1 is 0.941 bits per heavy atom. The number of benzene rings is 3. The lowest BCUT2D eigenvalue weighted by Crippen LogP contribution is -2.40. The minimum atomic E-state index is -3.92. The van der Waals surface area contributed by atoms with E-state index in [4.69, 9.17) is 4.74 Å². The molecule has 0 spiro atoms. The highest BCUT2D eigenvalue weighted by molar-refractivity contribution is 9.10. The van der Waals surface area contributed by atoms with Crippen LogP contribution < -0.4 is 14.5 Å². The number of carbonyl (C=O) groups excluding carboxylic acids is 1. The summed E-state index contributed by atoms with van der Waals surface area (Å²) in [5, 5.41) is 2.85. The lowest BCUT2D eigenvalue weighted by molar-refractivity contribution is -0.119. The third kappa shape index (κ3) is 5.97. The fourth-order valence-electron chi connectivity index (χ4n) is 3.68. The molecule has 1 N–H and O–H groups in total. The summed E-state index contributed by atoms with van der Waals surface area (Å²) in [6, 6.07) is 22.9. The Kier molecular flexibility index (Phi) is 7.87. The third-order valence-corrected chi connectivity index (χ3v) is 7.85.